The number of benzene rings is 2. The highest BCUT2D eigenvalue weighted by Gasteiger charge is 2.12. The minimum absolute atomic E-state index is 0.217. The SMILES string of the molecule is COc1cc(Cl)c(C)cc1NC(=O)COc1cccc(Cl)c1Cl. The van der Waals surface area contributed by atoms with Gasteiger partial charge in [-0.15, -0.1) is 0 Å². The lowest BCUT2D eigenvalue weighted by molar-refractivity contribution is -0.118. The third-order valence-electron chi connectivity index (χ3n) is 3.03. The van der Waals surface area contributed by atoms with Crippen molar-refractivity contribution in [2.75, 3.05) is 19.0 Å². The van der Waals surface area contributed by atoms with E-state index in [9.17, 15) is 4.79 Å². The van der Waals surface area contributed by atoms with Gasteiger partial charge in [0.15, 0.2) is 6.61 Å². The van der Waals surface area contributed by atoms with E-state index in [0.29, 0.717) is 27.2 Å². The molecular weight excluding hydrogens is 361 g/mol. The van der Waals surface area contributed by atoms with Crippen LogP contribution in [-0.2, 0) is 4.79 Å². The Bertz CT molecular complexity index is 735. The summed E-state index contributed by atoms with van der Waals surface area (Å²) in [4.78, 5) is 12.0. The Labute approximate surface area is 149 Å². The standard InChI is InChI=1S/C16H14Cl3NO3/c1-9-6-12(14(22-2)7-11(9)18)20-15(21)8-23-13-5-3-4-10(17)16(13)19/h3-7H,8H2,1-2H3,(H,20,21). The lowest BCUT2D eigenvalue weighted by Gasteiger charge is -2.13. The molecule has 0 heterocycles. The Kier molecular flexibility index (Phi) is 5.99. The second kappa shape index (κ2) is 7.77. The van der Waals surface area contributed by atoms with Gasteiger partial charge in [0, 0.05) is 11.1 Å². The van der Waals surface area contributed by atoms with Gasteiger partial charge < -0.3 is 14.8 Å². The highest BCUT2D eigenvalue weighted by molar-refractivity contribution is 6.42. The highest BCUT2D eigenvalue weighted by atomic mass is 35.5. The summed E-state index contributed by atoms with van der Waals surface area (Å²) < 4.78 is 10.6. The second-order valence-electron chi connectivity index (χ2n) is 4.69. The zero-order valence-electron chi connectivity index (χ0n) is 12.5. The first kappa shape index (κ1) is 17.7. The molecule has 0 radical (unpaired) electrons. The van der Waals surface area contributed by atoms with Crippen LogP contribution in [0, 0.1) is 6.92 Å². The number of halogens is 3. The van der Waals surface area contributed by atoms with Crippen LogP contribution in [0.25, 0.3) is 0 Å². The van der Waals surface area contributed by atoms with Crippen molar-refractivity contribution in [3.8, 4) is 11.5 Å². The first-order valence-electron chi connectivity index (χ1n) is 6.63. The zero-order valence-corrected chi connectivity index (χ0v) is 14.7. The maximum atomic E-state index is 12.0. The number of nitrogens with one attached hydrogen (secondary N) is 1. The first-order chi connectivity index (χ1) is 10.9. The number of amides is 1. The highest BCUT2D eigenvalue weighted by Crippen LogP contribution is 2.32. The maximum Gasteiger partial charge on any atom is 0.262 e. The van der Waals surface area contributed by atoms with E-state index in [0.717, 1.165) is 5.56 Å². The quantitative estimate of drug-likeness (QED) is 0.803. The van der Waals surface area contributed by atoms with Crippen molar-refractivity contribution in [2.24, 2.45) is 0 Å². The van der Waals surface area contributed by atoms with Gasteiger partial charge >= 0.3 is 0 Å². The van der Waals surface area contributed by atoms with Crippen LogP contribution in [0.2, 0.25) is 15.1 Å². The van der Waals surface area contributed by atoms with Crippen LogP contribution in [0.15, 0.2) is 30.3 Å². The monoisotopic (exact) mass is 373 g/mol. The minimum atomic E-state index is -0.360. The molecule has 0 atom stereocenters. The van der Waals surface area contributed by atoms with E-state index >= 15 is 0 Å². The van der Waals surface area contributed by atoms with Crippen LogP contribution in [0.1, 0.15) is 5.56 Å². The van der Waals surface area contributed by atoms with Gasteiger partial charge in [-0.3, -0.25) is 4.79 Å². The van der Waals surface area contributed by atoms with Gasteiger partial charge in [-0.05, 0) is 30.7 Å². The largest absolute Gasteiger partial charge is 0.495 e. The zero-order chi connectivity index (χ0) is 17.0. The number of rotatable bonds is 5. The summed E-state index contributed by atoms with van der Waals surface area (Å²) in [5.74, 6) is 0.448. The predicted molar refractivity (Wildman–Crippen MR) is 93.3 cm³/mol. The molecule has 0 fully saturated rings. The number of anilines is 1. The van der Waals surface area contributed by atoms with E-state index in [1.54, 1.807) is 30.3 Å². The van der Waals surface area contributed by atoms with Crippen molar-refractivity contribution in [1.29, 1.82) is 0 Å². The molecule has 23 heavy (non-hydrogen) atoms. The molecule has 2 aromatic carbocycles. The molecule has 0 unspecified atom stereocenters. The van der Waals surface area contributed by atoms with Crippen LogP contribution in [0.5, 0.6) is 11.5 Å². The van der Waals surface area contributed by atoms with E-state index in [1.807, 2.05) is 6.92 Å². The van der Waals surface area contributed by atoms with Crippen molar-refractivity contribution in [3.63, 3.8) is 0 Å². The summed E-state index contributed by atoms with van der Waals surface area (Å²) in [7, 11) is 1.50. The van der Waals surface area contributed by atoms with Crippen LogP contribution >= 0.6 is 34.8 Å². The number of carbonyl (C=O) groups excluding carboxylic acids is 1. The topological polar surface area (TPSA) is 47.6 Å². The Morgan fingerprint density at radius 2 is 1.87 bits per heavy atom. The number of aryl methyl sites for hydroxylation is 1. The van der Waals surface area contributed by atoms with Gasteiger partial charge in [-0.2, -0.15) is 0 Å². The summed E-state index contributed by atoms with van der Waals surface area (Å²) in [6.45, 7) is 1.62. The van der Waals surface area contributed by atoms with Crippen molar-refractivity contribution < 1.29 is 14.3 Å². The maximum absolute atomic E-state index is 12.0. The molecule has 7 heteroatoms. The predicted octanol–water partition coefficient (Wildman–Crippen LogP) is 4.98. The van der Waals surface area contributed by atoms with Crippen molar-refractivity contribution >= 4 is 46.4 Å². The Balaban J connectivity index is 2.05. The van der Waals surface area contributed by atoms with Gasteiger partial charge in [0.05, 0.1) is 17.8 Å². The lowest BCUT2D eigenvalue weighted by atomic mass is 10.2. The third kappa shape index (κ3) is 4.44. The molecule has 4 nitrogen and oxygen atoms in total. The fourth-order valence-corrected chi connectivity index (χ4v) is 2.35. The average molecular weight is 375 g/mol. The van der Waals surface area contributed by atoms with Crippen LogP contribution in [0.4, 0.5) is 5.69 Å². The fourth-order valence-electron chi connectivity index (χ4n) is 1.85. The fraction of sp³-hybridized carbons (Fsp3) is 0.188. The number of hydrogen-bond acceptors (Lipinski definition) is 3. The molecule has 1 amide bonds. The van der Waals surface area contributed by atoms with Gasteiger partial charge in [0.2, 0.25) is 0 Å². The van der Waals surface area contributed by atoms with E-state index in [2.05, 4.69) is 5.32 Å². The molecule has 0 saturated heterocycles. The molecule has 0 aliphatic heterocycles. The van der Waals surface area contributed by atoms with Crippen LogP contribution < -0.4 is 14.8 Å². The van der Waals surface area contributed by atoms with Gasteiger partial charge in [0.25, 0.3) is 5.91 Å². The van der Waals surface area contributed by atoms with Crippen LogP contribution in [-0.4, -0.2) is 19.6 Å². The van der Waals surface area contributed by atoms with Gasteiger partial charge in [-0.1, -0.05) is 40.9 Å². The molecule has 2 aromatic rings. The number of ether oxygens (including phenoxy) is 2. The Hall–Kier alpha value is -1.62. The molecule has 2 rings (SSSR count). The van der Waals surface area contributed by atoms with E-state index in [1.165, 1.54) is 7.11 Å². The van der Waals surface area contributed by atoms with Crippen molar-refractivity contribution in [3.05, 3.63) is 51.0 Å². The summed E-state index contributed by atoms with van der Waals surface area (Å²) >= 11 is 17.9. The molecule has 0 aromatic heterocycles. The van der Waals surface area contributed by atoms with Gasteiger partial charge in [-0.25, -0.2) is 0 Å². The van der Waals surface area contributed by atoms with Crippen molar-refractivity contribution in [2.45, 2.75) is 6.92 Å². The van der Waals surface area contributed by atoms with E-state index in [-0.39, 0.29) is 17.5 Å². The first-order valence-corrected chi connectivity index (χ1v) is 7.76. The molecule has 0 aliphatic carbocycles. The van der Waals surface area contributed by atoms with Crippen LogP contribution in [0.3, 0.4) is 0 Å². The van der Waals surface area contributed by atoms with Gasteiger partial charge in [0.1, 0.15) is 16.5 Å². The summed E-state index contributed by atoms with van der Waals surface area (Å²) in [6, 6.07) is 8.33. The Morgan fingerprint density at radius 3 is 2.57 bits per heavy atom. The molecule has 0 spiro atoms. The third-order valence-corrected chi connectivity index (χ3v) is 4.24. The Morgan fingerprint density at radius 1 is 1.13 bits per heavy atom. The molecule has 122 valence electrons. The summed E-state index contributed by atoms with van der Waals surface area (Å²) in [5.41, 5.74) is 1.33. The average Bonchev–Trinajstić information content (AvgIpc) is 2.52. The molecule has 0 bridgehead atoms. The number of hydrogen-bond donors (Lipinski definition) is 1. The van der Waals surface area contributed by atoms with E-state index < -0.39 is 0 Å². The molecule has 0 aliphatic rings. The van der Waals surface area contributed by atoms with E-state index in [4.69, 9.17) is 44.3 Å². The smallest absolute Gasteiger partial charge is 0.262 e. The molecular formula is C16H14Cl3NO3. The summed E-state index contributed by atoms with van der Waals surface area (Å²) in [6.07, 6.45) is 0. The second-order valence-corrected chi connectivity index (χ2v) is 5.88. The normalized spacial score (nSPS) is 10.3. The molecule has 1 N–H and O–H groups in total. The molecule has 0 saturated carbocycles. The summed E-state index contributed by atoms with van der Waals surface area (Å²) in [5, 5.41) is 3.89. The lowest BCUT2D eigenvalue weighted by Crippen LogP contribution is -2.20. The number of methoxy groups -OCH3 is 1. The minimum Gasteiger partial charge on any atom is -0.495 e. The van der Waals surface area contributed by atoms with Crippen molar-refractivity contribution in [1.82, 2.24) is 0 Å². The number of carbonyl (C=O) groups is 1.